The number of ether oxygens (including phenoxy) is 1. The highest BCUT2D eigenvalue weighted by Crippen LogP contribution is 2.47. The highest BCUT2D eigenvalue weighted by Gasteiger charge is 2.30. The maximum absolute atomic E-state index is 8.33. The van der Waals surface area contributed by atoms with Crippen molar-refractivity contribution in [1.29, 1.82) is 0 Å². The van der Waals surface area contributed by atoms with Crippen LogP contribution in [-0.4, -0.2) is 16.2 Å². The summed E-state index contributed by atoms with van der Waals surface area (Å²) in [4.78, 5) is 9.39. The van der Waals surface area contributed by atoms with Crippen molar-refractivity contribution in [3.8, 4) is 28.4 Å². The third-order valence-electron chi connectivity index (χ3n) is 11.9. The van der Waals surface area contributed by atoms with E-state index in [2.05, 4.69) is 133 Å². The minimum atomic E-state index is -2.81. The Bertz CT molecular complexity index is 3240. The van der Waals surface area contributed by atoms with Crippen LogP contribution in [0.15, 0.2) is 188 Å². The van der Waals surface area contributed by atoms with Gasteiger partial charge in [0.2, 0.25) is 0 Å². The van der Waals surface area contributed by atoms with Gasteiger partial charge in [-0.2, -0.15) is 0 Å². The Balaban J connectivity index is 1.06. The van der Waals surface area contributed by atoms with Crippen LogP contribution in [0.3, 0.4) is 0 Å². The van der Waals surface area contributed by atoms with E-state index < -0.39 is 19.1 Å². The SMILES string of the molecule is [2H]C([2H])([2H])C(C)(c1ccnc(-n2c3ccccc3c3ccc(Oc4cc(-c5ccccc5)cc(N5CN(c6cccc(C(C)(C)c7ccccc7)c6)c6ccccc65)c4)cc32)c1)C([2H])([2H])[2H]. The number of rotatable bonds is 8. The normalized spacial score (nSPS) is 14.8. The molecule has 0 spiro atoms. The molecule has 5 nitrogen and oxygen atoms in total. The van der Waals surface area contributed by atoms with Crippen LogP contribution in [0.5, 0.6) is 11.5 Å². The molecule has 9 aromatic rings. The van der Waals surface area contributed by atoms with Gasteiger partial charge in [0.25, 0.3) is 0 Å². The second-order valence-electron chi connectivity index (χ2n) is 16.3. The van der Waals surface area contributed by atoms with Crippen molar-refractivity contribution in [3.05, 3.63) is 205 Å². The number of pyridine rings is 1. The minimum absolute atomic E-state index is 0.155. The van der Waals surface area contributed by atoms with Crippen molar-refractivity contribution in [1.82, 2.24) is 9.55 Å². The van der Waals surface area contributed by atoms with E-state index in [1.165, 1.54) is 30.3 Å². The Kier molecular flexibility index (Phi) is 7.53. The van der Waals surface area contributed by atoms with Crippen LogP contribution in [0, 0.1) is 0 Å². The maximum atomic E-state index is 8.33. The summed E-state index contributed by atoms with van der Waals surface area (Å²) in [6, 6.07) is 61.5. The van der Waals surface area contributed by atoms with Crippen LogP contribution >= 0.6 is 0 Å². The first kappa shape index (κ1) is 30.9. The maximum Gasteiger partial charge on any atom is 0.137 e. The fraction of sp³-hybridized carbons (Fsp3) is 0.145. The molecule has 294 valence electrons. The quantitative estimate of drug-likeness (QED) is 0.154. The van der Waals surface area contributed by atoms with E-state index in [4.69, 9.17) is 17.9 Å². The third-order valence-corrected chi connectivity index (χ3v) is 11.9. The average molecular weight is 787 g/mol. The van der Waals surface area contributed by atoms with Gasteiger partial charge in [-0.1, -0.05) is 138 Å². The number of hydrogen-bond donors (Lipinski definition) is 0. The lowest BCUT2D eigenvalue weighted by atomic mass is 9.78. The van der Waals surface area contributed by atoms with Crippen molar-refractivity contribution in [2.24, 2.45) is 0 Å². The second-order valence-corrected chi connectivity index (χ2v) is 16.3. The molecule has 1 aliphatic rings. The van der Waals surface area contributed by atoms with Crippen molar-refractivity contribution in [2.45, 2.75) is 45.3 Å². The zero-order valence-corrected chi connectivity index (χ0v) is 33.8. The molecule has 1 aliphatic heterocycles. The summed E-state index contributed by atoms with van der Waals surface area (Å²) >= 11 is 0. The molecule has 0 atom stereocenters. The Labute approximate surface area is 361 Å². The minimum Gasteiger partial charge on any atom is -0.457 e. The first-order valence-electron chi connectivity index (χ1n) is 23.3. The highest BCUT2D eigenvalue weighted by molar-refractivity contribution is 6.09. The Morgan fingerprint density at radius 3 is 1.98 bits per heavy atom. The van der Waals surface area contributed by atoms with Gasteiger partial charge in [-0.3, -0.25) is 4.57 Å². The van der Waals surface area contributed by atoms with Crippen LogP contribution < -0.4 is 14.5 Å². The van der Waals surface area contributed by atoms with E-state index >= 15 is 0 Å². The fourth-order valence-electron chi connectivity index (χ4n) is 8.58. The molecule has 0 fully saturated rings. The number of nitrogens with zero attached hydrogens (tertiary/aromatic N) is 4. The lowest BCUT2D eigenvalue weighted by molar-refractivity contribution is 0.483. The van der Waals surface area contributed by atoms with Crippen LogP contribution in [0.4, 0.5) is 22.7 Å². The molecule has 0 unspecified atom stereocenters. The molecule has 0 radical (unpaired) electrons. The van der Waals surface area contributed by atoms with Crippen molar-refractivity contribution in [2.75, 3.05) is 16.5 Å². The van der Waals surface area contributed by atoms with Crippen LogP contribution in [0.25, 0.3) is 38.8 Å². The van der Waals surface area contributed by atoms with E-state index in [-0.39, 0.29) is 11.0 Å². The van der Waals surface area contributed by atoms with E-state index in [9.17, 15) is 0 Å². The summed E-state index contributed by atoms with van der Waals surface area (Å²) in [5, 5.41) is 1.89. The average Bonchev–Trinajstić information content (AvgIpc) is 3.87. The molecule has 2 aromatic heterocycles. The molecular formula is C55H48N4O. The van der Waals surface area contributed by atoms with Gasteiger partial charge in [-0.15, -0.1) is 0 Å². The van der Waals surface area contributed by atoms with Gasteiger partial charge in [0.15, 0.2) is 0 Å². The lowest BCUT2D eigenvalue weighted by Crippen LogP contribution is -2.25. The first-order chi connectivity index (χ1) is 31.6. The molecule has 0 saturated carbocycles. The monoisotopic (exact) mass is 786 g/mol. The van der Waals surface area contributed by atoms with Crippen LogP contribution in [0.1, 0.15) is 59.4 Å². The van der Waals surface area contributed by atoms with Crippen molar-refractivity contribution in [3.63, 3.8) is 0 Å². The summed E-state index contributed by atoms with van der Waals surface area (Å²) in [6.07, 6.45) is 1.48. The molecule has 0 saturated heterocycles. The van der Waals surface area contributed by atoms with Gasteiger partial charge in [0.1, 0.15) is 24.0 Å². The molecule has 0 bridgehead atoms. The standard InChI is InChI=1S/C55H48N4O/c1-54(2,3)41-29-30-56-53(34-41)59-49-24-13-12-23-47(49)48-28-27-45(36-52(48)59)60-46-32-39(38-17-8-6-9-18-38)31-44(35-46)58-37-57(50-25-14-15-26-51(50)58)43-22-16-21-42(33-43)55(4,5)40-19-10-7-11-20-40/h6-36H,37H2,1-5H3/i1D3,2D3. The van der Waals surface area contributed by atoms with E-state index in [1.54, 1.807) is 6.07 Å². The smallest absolute Gasteiger partial charge is 0.137 e. The summed E-state index contributed by atoms with van der Waals surface area (Å²) in [6.45, 7) is 0.778. The number of hydrogen-bond acceptors (Lipinski definition) is 4. The fourth-order valence-corrected chi connectivity index (χ4v) is 8.58. The molecule has 7 aromatic carbocycles. The molecule has 3 heterocycles. The molecule has 10 rings (SSSR count). The van der Waals surface area contributed by atoms with Gasteiger partial charge in [0, 0.05) is 54.1 Å². The molecule has 5 heteroatoms. The van der Waals surface area contributed by atoms with Gasteiger partial charge < -0.3 is 14.5 Å². The summed E-state index contributed by atoms with van der Waals surface area (Å²) < 4.78 is 58.8. The molecule has 60 heavy (non-hydrogen) atoms. The Morgan fingerprint density at radius 1 is 0.517 bits per heavy atom. The van der Waals surface area contributed by atoms with Gasteiger partial charge in [-0.25, -0.2) is 4.98 Å². The van der Waals surface area contributed by atoms with Gasteiger partial charge in [-0.05, 0) is 100.0 Å². The second kappa shape index (κ2) is 14.6. The number of anilines is 4. The molecule has 0 amide bonds. The van der Waals surface area contributed by atoms with E-state index in [0.717, 1.165) is 55.7 Å². The molecule has 0 aliphatic carbocycles. The number of benzene rings is 7. The topological polar surface area (TPSA) is 33.5 Å². The van der Waals surface area contributed by atoms with Crippen molar-refractivity contribution >= 4 is 44.6 Å². The lowest BCUT2D eigenvalue weighted by Gasteiger charge is -2.28. The van der Waals surface area contributed by atoms with Crippen molar-refractivity contribution < 1.29 is 13.0 Å². The van der Waals surface area contributed by atoms with E-state index in [1.807, 2.05) is 65.2 Å². The predicted molar refractivity (Wildman–Crippen MR) is 250 cm³/mol. The van der Waals surface area contributed by atoms with Crippen LogP contribution in [0.2, 0.25) is 0 Å². The van der Waals surface area contributed by atoms with Gasteiger partial charge in [0.05, 0.1) is 22.4 Å². The zero-order valence-electron chi connectivity index (χ0n) is 39.8. The highest BCUT2D eigenvalue weighted by atomic mass is 16.5. The number of fused-ring (bicyclic) bond motifs is 4. The zero-order chi connectivity index (χ0) is 46.0. The summed E-state index contributed by atoms with van der Waals surface area (Å²) in [5.74, 6) is 1.62. The van der Waals surface area contributed by atoms with Crippen LogP contribution in [-0.2, 0) is 10.8 Å². The first-order valence-corrected chi connectivity index (χ1v) is 20.3. The number of para-hydroxylation sites is 3. The largest absolute Gasteiger partial charge is 0.457 e. The summed E-state index contributed by atoms with van der Waals surface area (Å²) in [5.41, 5.74) is 8.19. The predicted octanol–water partition coefficient (Wildman–Crippen LogP) is 14.5. The summed E-state index contributed by atoms with van der Waals surface area (Å²) in [7, 11) is 0. The van der Waals surface area contributed by atoms with Gasteiger partial charge >= 0.3 is 0 Å². The molecular weight excluding hydrogens is 733 g/mol. The Morgan fingerprint density at radius 2 is 1.20 bits per heavy atom. The Hall–Kier alpha value is -7.11. The van der Waals surface area contributed by atoms with E-state index in [0.29, 0.717) is 24.0 Å². The third kappa shape index (κ3) is 6.66. The number of aromatic nitrogens is 2. The molecule has 0 N–H and O–H groups in total.